The molecule has 1 fully saturated rings. The minimum Gasteiger partial charge on any atom is -0.497 e. The Hall–Kier alpha value is -3.33. The molecule has 3 rings (SSSR count). The molecule has 0 aliphatic carbocycles. The van der Waals surface area contributed by atoms with E-state index in [2.05, 4.69) is 5.32 Å². The van der Waals surface area contributed by atoms with E-state index in [1.165, 1.54) is 26.4 Å². The van der Waals surface area contributed by atoms with Crippen molar-refractivity contribution in [3.05, 3.63) is 52.1 Å². The Morgan fingerprint density at radius 1 is 1.11 bits per heavy atom. The molecular formula is C19H21N3O6. The van der Waals surface area contributed by atoms with Crippen LogP contribution in [0.5, 0.6) is 11.5 Å². The molecule has 0 spiro atoms. The van der Waals surface area contributed by atoms with Crippen LogP contribution in [0.4, 0.5) is 17.1 Å². The summed E-state index contributed by atoms with van der Waals surface area (Å²) >= 11 is 0. The van der Waals surface area contributed by atoms with Crippen LogP contribution in [0.2, 0.25) is 0 Å². The molecule has 28 heavy (non-hydrogen) atoms. The van der Waals surface area contributed by atoms with E-state index < -0.39 is 10.8 Å². The third-order valence-corrected chi connectivity index (χ3v) is 4.40. The molecule has 0 saturated carbocycles. The summed E-state index contributed by atoms with van der Waals surface area (Å²) in [6.45, 7) is 2.27. The van der Waals surface area contributed by atoms with Crippen molar-refractivity contribution in [2.75, 3.05) is 50.7 Å². The van der Waals surface area contributed by atoms with Gasteiger partial charge in [0.05, 0.1) is 43.6 Å². The summed E-state index contributed by atoms with van der Waals surface area (Å²) < 4.78 is 15.8. The fourth-order valence-electron chi connectivity index (χ4n) is 2.98. The Labute approximate surface area is 162 Å². The Balaban J connectivity index is 1.95. The van der Waals surface area contributed by atoms with E-state index >= 15 is 0 Å². The fraction of sp³-hybridized carbons (Fsp3) is 0.316. The summed E-state index contributed by atoms with van der Waals surface area (Å²) in [5.41, 5.74) is 1.16. The summed E-state index contributed by atoms with van der Waals surface area (Å²) in [5, 5.41) is 14.0. The molecule has 0 aromatic heterocycles. The number of nitro groups is 1. The Kier molecular flexibility index (Phi) is 5.95. The number of methoxy groups -OCH3 is 2. The number of hydrogen-bond donors (Lipinski definition) is 1. The molecule has 1 heterocycles. The van der Waals surface area contributed by atoms with Crippen LogP contribution >= 0.6 is 0 Å². The van der Waals surface area contributed by atoms with Crippen molar-refractivity contribution in [2.45, 2.75) is 0 Å². The molecule has 2 aromatic rings. The highest BCUT2D eigenvalue weighted by molar-refractivity contribution is 6.08. The van der Waals surface area contributed by atoms with E-state index in [9.17, 15) is 14.9 Å². The van der Waals surface area contributed by atoms with Crippen molar-refractivity contribution < 1.29 is 23.9 Å². The van der Waals surface area contributed by atoms with Gasteiger partial charge < -0.3 is 24.4 Å². The summed E-state index contributed by atoms with van der Waals surface area (Å²) in [6.07, 6.45) is 0. The SMILES string of the molecule is COc1cc(NC(=O)c2cc([N+](=O)[O-])ccc2N2CCOCC2)cc(OC)c1. The molecule has 1 aliphatic heterocycles. The van der Waals surface area contributed by atoms with Crippen molar-refractivity contribution in [1.82, 2.24) is 0 Å². The summed E-state index contributed by atoms with van der Waals surface area (Å²) in [6, 6.07) is 9.26. The normalized spacial score (nSPS) is 13.7. The molecule has 1 saturated heterocycles. The van der Waals surface area contributed by atoms with E-state index in [4.69, 9.17) is 14.2 Å². The van der Waals surface area contributed by atoms with Gasteiger partial charge in [0.1, 0.15) is 11.5 Å². The average Bonchev–Trinajstić information content (AvgIpc) is 2.73. The minimum absolute atomic E-state index is 0.148. The number of benzene rings is 2. The standard InChI is InChI=1S/C19H21N3O6/c1-26-15-9-13(10-16(12-15)27-2)20-19(23)17-11-14(22(24)25)3-4-18(17)21-5-7-28-8-6-21/h3-4,9-12H,5-8H2,1-2H3,(H,20,23). The van der Waals surface area contributed by atoms with Crippen LogP contribution < -0.4 is 19.7 Å². The van der Waals surface area contributed by atoms with Crippen LogP contribution in [-0.2, 0) is 4.74 Å². The van der Waals surface area contributed by atoms with Crippen LogP contribution in [0.25, 0.3) is 0 Å². The molecule has 9 heteroatoms. The number of nitro benzene ring substituents is 1. The number of non-ortho nitro benzene ring substituents is 1. The number of morpholine rings is 1. The Morgan fingerprint density at radius 2 is 1.75 bits per heavy atom. The molecular weight excluding hydrogens is 366 g/mol. The van der Waals surface area contributed by atoms with Gasteiger partial charge in [0, 0.05) is 49.1 Å². The molecule has 0 radical (unpaired) electrons. The number of hydrogen-bond acceptors (Lipinski definition) is 7. The van der Waals surface area contributed by atoms with Gasteiger partial charge in [-0.2, -0.15) is 0 Å². The van der Waals surface area contributed by atoms with E-state index in [1.807, 2.05) is 4.90 Å². The molecule has 1 amide bonds. The molecule has 148 valence electrons. The van der Waals surface area contributed by atoms with Gasteiger partial charge in [-0.1, -0.05) is 0 Å². The molecule has 0 unspecified atom stereocenters. The Morgan fingerprint density at radius 3 is 2.32 bits per heavy atom. The van der Waals surface area contributed by atoms with Crippen LogP contribution in [0.3, 0.4) is 0 Å². The van der Waals surface area contributed by atoms with Crippen LogP contribution in [-0.4, -0.2) is 51.4 Å². The molecule has 0 atom stereocenters. The number of rotatable bonds is 6. The van der Waals surface area contributed by atoms with Crippen molar-refractivity contribution in [2.24, 2.45) is 0 Å². The van der Waals surface area contributed by atoms with Crippen LogP contribution in [0.15, 0.2) is 36.4 Å². The fourth-order valence-corrected chi connectivity index (χ4v) is 2.98. The second-order valence-corrected chi connectivity index (χ2v) is 6.11. The molecule has 1 N–H and O–H groups in total. The lowest BCUT2D eigenvalue weighted by Crippen LogP contribution is -2.37. The lowest BCUT2D eigenvalue weighted by Gasteiger charge is -2.30. The zero-order valence-electron chi connectivity index (χ0n) is 15.6. The van der Waals surface area contributed by atoms with Crippen molar-refractivity contribution in [3.8, 4) is 11.5 Å². The van der Waals surface area contributed by atoms with Gasteiger partial charge in [0.15, 0.2) is 0 Å². The lowest BCUT2D eigenvalue weighted by atomic mass is 10.1. The number of carbonyl (C=O) groups excluding carboxylic acids is 1. The third kappa shape index (κ3) is 4.32. The van der Waals surface area contributed by atoms with Gasteiger partial charge in [-0.3, -0.25) is 14.9 Å². The lowest BCUT2D eigenvalue weighted by molar-refractivity contribution is -0.384. The maximum atomic E-state index is 13.0. The van der Waals surface area contributed by atoms with Gasteiger partial charge in [0.2, 0.25) is 0 Å². The van der Waals surface area contributed by atoms with Crippen LogP contribution in [0, 0.1) is 10.1 Å². The van der Waals surface area contributed by atoms with Crippen molar-refractivity contribution in [1.29, 1.82) is 0 Å². The highest BCUT2D eigenvalue weighted by Gasteiger charge is 2.22. The highest BCUT2D eigenvalue weighted by atomic mass is 16.6. The van der Waals surface area contributed by atoms with E-state index in [0.29, 0.717) is 49.2 Å². The monoisotopic (exact) mass is 387 g/mol. The molecule has 0 bridgehead atoms. The minimum atomic E-state index is -0.519. The van der Waals surface area contributed by atoms with Gasteiger partial charge in [-0.15, -0.1) is 0 Å². The number of ether oxygens (including phenoxy) is 3. The molecule has 1 aliphatic rings. The van der Waals surface area contributed by atoms with E-state index in [-0.39, 0.29) is 11.3 Å². The van der Waals surface area contributed by atoms with Gasteiger partial charge >= 0.3 is 0 Å². The number of carbonyl (C=O) groups is 1. The topological polar surface area (TPSA) is 103 Å². The largest absolute Gasteiger partial charge is 0.497 e. The first-order chi connectivity index (χ1) is 13.5. The second-order valence-electron chi connectivity index (χ2n) is 6.11. The highest BCUT2D eigenvalue weighted by Crippen LogP contribution is 2.29. The number of nitrogens with one attached hydrogen (secondary N) is 1. The second kappa shape index (κ2) is 8.57. The quantitative estimate of drug-likeness (QED) is 0.600. The first kappa shape index (κ1) is 19.4. The molecule has 2 aromatic carbocycles. The molecule has 9 nitrogen and oxygen atoms in total. The number of amides is 1. The van der Waals surface area contributed by atoms with E-state index in [0.717, 1.165) is 0 Å². The predicted molar refractivity (Wildman–Crippen MR) is 104 cm³/mol. The number of anilines is 2. The van der Waals surface area contributed by atoms with E-state index in [1.54, 1.807) is 24.3 Å². The third-order valence-electron chi connectivity index (χ3n) is 4.40. The van der Waals surface area contributed by atoms with Gasteiger partial charge in [-0.05, 0) is 6.07 Å². The predicted octanol–water partition coefficient (Wildman–Crippen LogP) is 2.70. The maximum absolute atomic E-state index is 13.0. The smallest absolute Gasteiger partial charge is 0.270 e. The Bertz CT molecular complexity index is 858. The van der Waals surface area contributed by atoms with Crippen molar-refractivity contribution >= 4 is 23.0 Å². The van der Waals surface area contributed by atoms with Gasteiger partial charge in [0.25, 0.3) is 11.6 Å². The zero-order chi connectivity index (χ0) is 20.1. The summed E-state index contributed by atoms with van der Waals surface area (Å²) in [4.78, 5) is 25.6. The van der Waals surface area contributed by atoms with Crippen LogP contribution in [0.1, 0.15) is 10.4 Å². The van der Waals surface area contributed by atoms with Gasteiger partial charge in [-0.25, -0.2) is 0 Å². The zero-order valence-corrected chi connectivity index (χ0v) is 15.6. The number of nitrogens with zero attached hydrogens (tertiary/aromatic N) is 2. The maximum Gasteiger partial charge on any atom is 0.270 e. The summed E-state index contributed by atoms with van der Waals surface area (Å²) in [7, 11) is 3.02. The first-order valence-corrected chi connectivity index (χ1v) is 8.67. The summed E-state index contributed by atoms with van der Waals surface area (Å²) in [5.74, 6) is 0.574. The first-order valence-electron chi connectivity index (χ1n) is 8.67. The van der Waals surface area contributed by atoms with Crippen molar-refractivity contribution in [3.63, 3.8) is 0 Å². The average molecular weight is 387 g/mol.